The molecule has 2 atom stereocenters. The van der Waals surface area contributed by atoms with E-state index >= 15 is 0 Å². The molecule has 5 N–H and O–H groups in total. The highest BCUT2D eigenvalue weighted by atomic mass is 32.2. The Kier molecular flexibility index (Phi) is 16.3. The molecule has 0 saturated carbocycles. The molecule has 278 valence electrons. The molecule has 0 heterocycles. The second-order valence-electron chi connectivity index (χ2n) is 13.8. The highest BCUT2D eigenvalue weighted by Gasteiger charge is 2.32. The first-order valence-corrected chi connectivity index (χ1v) is 19.4. The number of phenols is 1. The van der Waals surface area contributed by atoms with Crippen molar-refractivity contribution in [2.75, 3.05) is 24.7 Å². The second-order valence-corrected chi connectivity index (χ2v) is 14.6. The molecule has 0 spiro atoms. The Bertz CT molecular complexity index is 1560. The number of carboxylic acid groups (broad SMARTS) is 1. The number of carbonyl (C=O) groups excluding carboxylic acids is 2. The van der Waals surface area contributed by atoms with Gasteiger partial charge in [-0.2, -0.15) is 0 Å². The first-order chi connectivity index (χ1) is 24.4. The topological polar surface area (TPSA) is 131 Å². The molecule has 0 saturated heterocycles. The maximum absolute atomic E-state index is 13.5. The zero-order valence-electron chi connectivity index (χ0n) is 31.4. The molecule has 3 aromatic carbocycles. The average Bonchev–Trinajstić information content (AvgIpc) is 3.12. The maximum Gasteiger partial charge on any atom is 0.326 e. The summed E-state index contributed by atoms with van der Waals surface area (Å²) in [6, 6.07) is 18.6. The van der Waals surface area contributed by atoms with Crippen LogP contribution in [0.1, 0.15) is 95.4 Å². The van der Waals surface area contributed by atoms with Crippen molar-refractivity contribution in [3.05, 3.63) is 83.4 Å². The Labute approximate surface area is 309 Å². The van der Waals surface area contributed by atoms with Gasteiger partial charge < -0.3 is 31.1 Å². The van der Waals surface area contributed by atoms with Gasteiger partial charge in [-0.3, -0.25) is 9.59 Å². The number of carboxylic acids is 1. The number of aromatic hydroxyl groups is 1. The van der Waals surface area contributed by atoms with Crippen molar-refractivity contribution in [2.24, 2.45) is 5.92 Å². The Morgan fingerprint density at radius 1 is 0.922 bits per heavy atom. The fourth-order valence-electron chi connectivity index (χ4n) is 6.48. The molecule has 3 rings (SSSR count). The number of hydrogen-bond donors (Lipinski definition) is 5. The summed E-state index contributed by atoms with van der Waals surface area (Å²) < 4.78 is 0. The van der Waals surface area contributed by atoms with Gasteiger partial charge in [-0.05, 0) is 92.4 Å². The summed E-state index contributed by atoms with van der Waals surface area (Å²) in [6.45, 7) is 10.8. The van der Waals surface area contributed by atoms with Gasteiger partial charge in [0, 0.05) is 34.8 Å². The van der Waals surface area contributed by atoms with Gasteiger partial charge in [-0.25, -0.2) is 4.79 Å². The van der Waals surface area contributed by atoms with Crippen molar-refractivity contribution in [1.29, 1.82) is 0 Å². The predicted octanol–water partition coefficient (Wildman–Crippen LogP) is 7.91. The van der Waals surface area contributed by atoms with Crippen LogP contribution in [-0.4, -0.2) is 59.4 Å². The number of phenolic OH excluding ortho intramolecular Hbond substituents is 1. The summed E-state index contributed by atoms with van der Waals surface area (Å²) in [6.07, 6.45) is 9.37. The summed E-state index contributed by atoms with van der Waals surface area (Å²) in [7, 11) is 2.09. The molecule has 0 bridgehead atoms. The van der Waals surface area contributed by atoms with E-state index in [9.17, 15) is 24.6 Å². The number of unbranched alkanes of at least 4 members (excludes halogenated alkanes) is 2. The van der Waals surface area contributed by atoms with E-state index in [1.54, 1.807) is 37.7 Å². The lowest BCUT2D eigenvalue weighted by atomic mass is 9.86. The van der Waals surface area contributed by atoms with Crippen LogP contribution in [0.3, 0.4) is 0 Å². The SMILES string of the molecule is CCCCC(CCCC)(CN(c1ccccc1)c1cc(SC)c(CCC(=O)N[C@@H](C(=O)N[C@H](C(=O)O)C(C)C)c2ccc(O)cc2)cc1C)NC. The molecule has 0 aliphatic rings. The van der Waals surface area contributed by atoms with Gasteiger partial charge in [0.1, 0.15) is 17.8 Å². The molecule has 3 aromatic rings. The molecule has 2 amide bonds. The Morgan fingerprint density at radius 3 is 2.08 bits per heavy atom. The molecule has 10 heteroatoms. The highest BCUT2D eigenvalue weighted by Crippen LogP contribution is 2.37. The third-order valence-electron chi connectivity index (χ3n) is 9.61. The van der Waals surface area contributed by atoms with E-state index in [1.807, 2.05) is 12.3 Å². The van der Waals surface area contributed by atoms with Gasteiger partial charge in [0.2, 0.25) is 11.8 Å². The maximum atomic E-state index is 13.5. The molecule has 0 aromatic heterocycles. The summed E-state index contributed by atoms with van der Waals surface area (Å²) in [5, 5.41) is 28.6. The molecule has 0 radical (unpaired) electrons. The van der Waals surface area contributed by atoms with E-state index in [-0.39, 0.29) is 29.5 Å². The number of rotatable bonds is 21. The lowest BCUT2D eigenvalue weighted by Gasteiger charge is -2.40. The van der Waals surface area contributed by atoms with E-state index in [4.69, 9.17) is 0 Å². The first kappa shape index (κ1) is 41.4. The largest absolute Gasteiger partial charge is 0.508 e. The van der Waals surface area contributed by atoms with Crippen molar-refractivity contribution in [1.82, 2.24) is 16.0 Å². The number of thioether (sulfide) groups is 1. The van der Waals surface area contributed by atoms with E-state index in [2.05, 4.69) is 85.1 Å². The fraction of sp³-hybridized carbons (Fsp3) is 0.488. The molecule has 0 aliphatic heterocycles. The van der Waals surface area contributed by atoms with Crippen molar-refractivity contribution in [2.45, 2.75) is 109 Å². The number of hydrogen-bond acceptors (Lipinski definition) is 7. The van der Waals surface area contributed by atoms with Crippen LogP contribution in [0.25, 0.3) is 0 Å². The third-order valence-corrected chi connectivity index (χ3v) is 10.4. The normalized spacial score (nSPS) is 12.7. The number of para-hydroxylation sites is 1. The Morgan fingerprint density at radius 2 is 1.55 bits per heavy atom. The number of aliphatic carboxylic acids is 1. The quantitative estimate of drug-likeness (QED) is 0.0703. The lowest BCUT2D eigenvalue weighted by Crippen LogP contribution is -2.51. The minimum Gasteiger partial charge on any atom is -0.508 e. The second kappa shape index (κ2) is 20.1. The fourth-order valence-corrected chi connectivity index (χ4v) is 7.13. The summed E-state index contributed by atoms with van der Waals surface area (Å²) >= 11 is 1.65. The average molecular weight is 719 g/mol. The van der Waals surface area contributed by atoms with Crippen LogP contribution < -0.4 is 20.9 Å². The number of nitrogens with one attached hydrogen (secondary N) is 3. The van der Waals surface area contributed by atoms with Crippen LogP contribution in [0.15, 0.2) is 71.6 Å². The molecular formula is C41H58N4O5S. The van der Waals surface area contributed by atoms with Crippen molar-refractivity contribution in [3.8, 4) is 5.75 Å². The smallest absolute Gasteiger partial charge is 0.326 e. The van der Waals surface area contributed by atoms with Gasteiger partial charge in [-0.1, -0.05) is 89.8 Å². The van der Waals surface area contributed by atoms with Crippen molar-refractivity contribution >= 4 is 40.9 Å². The number of anilines is 2. The number of amides is 2. The monoisotopic (exact) mass is 718 g/mol. The number of likely N-dealkylation sites (N-methyl/N-ethyl adjacent to an activating group) is 1. The minimum absolute atomic E-state index is 0.0163. The van der Waals surface area contributed by atoms with Crippen LogP contribution in [0, 0.1) is 12.8 Å². The first-order valence-electron chi connectivity index (χ1n) is 18.2. The summed E-state index contributed by atoms with van der Waals surface area (Å²) in [4.78, 5) is 42.2. The van der Waals surface area contributed by atoms with Gasteiger partial charge in [0.15, 0.2) is 0 Å². The van der Waals surface area contributed by atoms with Crippen LogP contribution in [0.5, 0.6) is 5.75 Å². The molecule has 0 aliphatic carbocycles. The van der Waals surface area contributed by atoms with Crippen LogP contribution in [0.2, 0.25) is 0 Å². The number of carbonyl (C=O) groups is 3. The van der Waals surface area contributed by atoms with Crippen LogP contribution >= 0.6 is 11.8 Å². The number of nitrogens with zero attached hydrogens (tertiary/aromatic N) is 1. The number of aryl methyl sites for hydroxylation is 2. The zero-order chi connectivity index (χ0) is 37.6. The van der Waals surface area contributed by atoms with Gasteiger partial charge in [0.05, 0.1) is 0 Å². The third kappa shape index (κ3) is 11.8. The predicted molar refractivity (Wildman–Crippen MR) is 209 cm³/mol. The van der Waals surface area contributed by atoms with Crippen molar-refractivity contribution < 1.29 is 24.6 Å². The standard InChI is InChI=1S/C41H58N4O5S/c1-8-10-23-41(42-6,24-11-9-2)27-45(32-15-13-12-14-16-32)34-26-35(51-7)31(25-29(34)5)19-22-36(47)43-38(30-17-20-33(46)21-18-30)39(48)44-37(28(3)4)40(49)50/h12-18,20-21,25-26,28,37-38,42,46H,8-11,19,22-24,27H2,1-7H3,(H,43,47)(H,44,48)(H,49,50)/t37-,38+/m0/s1. The van der Waals surface area contributed by atoms with E-state index < -0.39 is 24.0 Å². The molecule has 0 unspecified atom stereocenters. The van der Waals surface area contributed by atoms with Gasteiger partial charge in [-0.15, -0.1) is 11.8 Å². The van der Waals surface area contributed by atoms with Crippen LogP contribution in [0.4, 0.5) is 11.4 Å². The van der Waals surface area contributed by atoms with Crippen LogP contribution in [-0.2, 0) is 20.8 Å². The zero-order valence-corrected chi connectivity index (χ0v) is 32.2. The van der Waals surface area contributed by atoms with Crippen molar-refractivity contribution in [3.63, 3.8) is 0 Å². The Balaban J connectivity index is 1.90. The molecule has 9 nitrogen and oxygen atoms in total. The molecule has 51 heavy (non-hydrogen) atoms. The van der Waals surface area contributed by atoms with Gasteiger partial charge in [0.25, 0.3) is 0 Å². The Hall–Kier alpha value is -4.02. The lowest BCUT2D eigenvalue weighted by molar-refractivity contribution is -0.143. The molecular weight excluding hydrogens is 661 g/mol. The summed E-state index contributed by atoms with van der Waals surface area (Å²) in [5.41, 5.74) is 4.80. The van der Waals surface area contributed by atoms with E-state index in [0.29, 0.717) is 12.0 Å². The summed E-state index contributed by atoms with van der Waals surface area (Å²) in [5.74, 6) is -2.47. The number of benzene rings is 3. The van der Waals surface area contributed by atoms with Gasteiger partial charge >= 0.3 is 5.97 Å². The van der Waals surface area contributed by atoms with E-state index in [0.717, 1.165) is 72.5 Å². The highest BCUT2D eigenvalue weighted by molar-refractivity contribution is 7.98. The van der Waals surface area contributed by atoms with E-state index in [1.165, 1.54) is 12.1 Å². The minimum atomic E-state index is -1.15. The molecule has 0 fully saturated rings.